The Morgan fingerprint density at radius 3 is 2.52 bits per heavy atom. The normalized spacial score (nSPS) is 12.2. The van der Waals surface area contributed by atoms with E-state index in [1.807, 2.05) is 26.0 Å². The highest BCUT2D eigenvalue weighted by Gasteiger charge is 2.09. The maximum absolute atomic E-state index is 5.23. The Kier molecular flexibility index (Phi) is 11.7. The predicted octanol–water partition coefficient (Wildman–Crippen LogP) is 4.60. The molecule has 0 spiro atoms. The zero-order chi connectivity index (χ0) is 20.4. The molecule has 7 heteroatoms. The molecule has 29 heavy (non-hydrogen) atoms. The molecule has 0 aliphatic carbocycles. The average molecular weight is 514 g/mol. The van der Waals surface area contributed by atoms with Gasteiger partial charge in [-0.1, -0.05) is 24.2 Å². The van der Waals surface area contributed by atoms with Crippen molar-refractivity contribution in [3.05, 3.63) is 46.8 Å². The third kappa shape index (κ3) is 8.24. The Hall–Kier alpha value is -1.77. The molecule has 0 radical (unpaired) electrons. The summed E-state index contributed by atoms with van der Waals surface area (Å²) in [6, 6.07) is 8.31. The SMILES string of the molecule is CCNC(=NCCCc1c(C)noc1C)NCCC(C)c1ccc(OC)cc1.I. The number of ether oxygens (including phenoxy) is 1. The lowest BCUT2D eigenvalue weighted by Crippen LogP contribution is -2.38. The first-order valence-corrected chi connectivity index (χ1v) is 10.1. The molecule has 162 valence electrons. The maximum atomic E-state index is 5.23. The number of benzene rings is 1. The number of nitrogens with zero attached hydrogens (tertiary/aromatic N) is 2. The molecule has 1 atom stereocenters. The first kappa shape index (κ1) is 25.3. The Bertz CT molecular complexity index is 724. The molecule has 2 aromatic rings. The summed E-state index contributed by atoms with van der Waals surface area (Å²) in [5.41, 5.74) is 3.52. The van der Waals surface area contributed by atoms with Gasteiger partial charge in [-0.25, -0.2) is 0 Å². The minimum atomic E-state index is 0. The summed E-state index contributed by atoms with van der Waals surface area (Å²) in [5, 5.41) is 10.8. The predicted molar refractivity (Wildman–Crippen MR) is 130 cm³/mol. The fraction of sp³-hybridized carbons (Fsp3) is 0.545. The second-order valence-electron chi connectivity index (χ2n) is 7.06. The van der Waals surface area contributed by atoms with Gasteiger partial charge in [0.25, 0.3) is 0 Å². The Balaban J connectivity index is 0.00000420. The van der Waals surface area contributed by atoms with Crippen LogP contribution in [0.25, 0.3) is 0 Å². The van der Waals surface area contributed by atoms with Crippen LogP contribution in [0.4, 0.5) is 0 Å². The van der Waals surface area contributed by atoms with Crippen molar-refractivity contribution in [3.63, 3.8) is 0 Å². The van der Waals surface area contributed by atoms with E-state index in [0.717, 1.165) is 62.1 Å². The number of aliphatic imine (C=N–C) groups is 1. The minimum absolute atomic E-state index is 0. The number of hydrogen-bond donors (Lipinski definition) is 2. The van der Waals surface area contributed by atoms with Gasteiger partial charge < -0.3 is 19.9 Å². The zero-order valence-electron chi connectivity index (χ0n) is 18.2. The maximum Gasteiger partial charge on any atom is 0.191 e. The summed E-state index contributed by atoms with van der Waals surface area (Å²) >= 11 is 0. The van der Waals surface area contributed by atoms with Crippen LogP contribution in [0.1, 0.15) is 55.2 Å². The smallest absolute Gasteiger partial charge is 0.191 e. The van der Waals surface area contributed by atoms with Gasteiger partial charge in [0, 0.05) is 25.2 Å². The van der Waals surface area contributed by atoms with Crippen LogP contribution in [0.2, 0.25) is 0 Å². The molecular weight excluding hydrogens is 479 g/mol. The van der Waals surface area contributed by atoms with Crippen LogP contribution in [0.5, 0.6) is 5.75 Å². The van der Waals surface area contributed by atoms with Gasteiger partial charge in [-0.2, -0.15) is 0 Å². The van der Waals surface area contributed by atoms with Gasteiger partial charge in [0.05, 0.1) is 12.8 Å². The molecule has 0 aliphatic heterocycles. The highest BCUT2D eigenvalue weighted by atomic mass is 127. The molecule has 1 unspecified atom stereocenters. The molecule has 1 aromatic carbocycles. The molecule has 0 fully saturated rings. The molecule has 1 aromatic heterocycles. The fourth-order valence-corrected chi connectivity index (χ4v) is 3.15. The van der Waals surface area contributed by atoms with Gasteiger partial charge in [0.15, 0.2) is 5.96 Å². The third-order valence-corrected chi connectivity index (χ3v) is 4.93. The lowest BCUT2D eigenvalue weighted by molar-refractivity contribution is 0.392. The summed E-state index contributed by atoms with van der Waals surface area (Å²) < 4.78 is 10.4. The number of aryl methyl sites for hydroxylation is 2. The van der Waals surface area contributed by atoms with Crippen molar-refractivity contribution >= 4 is 29.9 Å². The quantitative estimate of drug-likeness (QED) is 0.210. The summed E-state index contributed by atoms with van der Waals surface area (Å²) in [6.07, 6.45) is 2.95. The topological polar surface area (TPSA) is 71.7 Å². The van der Waals surface area contributed by atoms with Crippen molar-refractivity contribution in [2.45, 2.75) is 52.9 Å². The summed E-state index contributed by atoms with van der Waals surface area (Å²) in [5.74, 6) is 3.16. The summed E-state index contributed by atoms with van der Waals surface area (Å²) in [4.78, 5) is 4.69. The van der Waals surface area contributed by atoms with Crippen molar-refractivity contribution in [2.24, 2.45) is 4.99 Å². The first-order chi connectivity index (χ1) is 13.5. The zero-order valence-corrected chi connectivity index (χ0v) is 20.6. The first-order valence-electron chi connectivity index (χ1n) is 10.1. The molecule has 0 saturated carbocycles. The van der Waals surface area contributed by atoms with E-state index in [-0.39, 0.29) is 24.0 Å². The number of guanidine groups is 1. The Morgan fingerprint density at radius 2 is 1.93 bits per heavy atom. The van der Waals surface area contributed by atoms with Crippen LogP contribution < -0.4 is 15.4 Å². The standard InChI is InChI=1S/C22H34N4O2.HI/c1-6-23-22(24-14-7-8-21-17(3)26-28-18(21)4)25-15-13-16(2)19-9-11-20(27-5)12-10-19;/h9-12,16H,6-8,13-15H2,1-5H3,(H2,23,24,25);1H. The van der Waals surface area contributed by atoms with Crippen molar-refractivity contribution in [1.82, 2.24) is 15.8 Å². The molecule has 0 bridgehead atoms. The van der Waals surface area contributed by atoms with E-state index >= 15 is 0 Å². The average Bonchev–Trinajstić information content (AvgIpc) is 3.02. The van der Waals surface area contributed by atoms with Crippen LogP contribution >= 0.6 is 24.0 Å². The van der Waals surface area contributed by atoms with Crippen molar-refractivity contribution in [2.75, 3.05) is 26.7 Å². The van der Waals surface area contributed by atoms with E-state index in [0.29, 0.717) is 5.92 Å². The molecule has 2 rings (SSSR count). The monoisotopic (exact) mass is 514 g/mol. The number of rotatable bonds is 10. The molecule has 0 saturated heterocycles. The molecule has 2 N–H and O–H groups in total. The van der Waals surface area contributed by atoms with Crippen LogP contribution in [0, 0.1) is 13.8 Å². The molecule has 6 nitrogen and oxygen atoms in total. The second kappa shape index (κ2) is 13.5. The van der Waals surface area contributed by atoms with Crippen molar-refractivity contribution < 1.29 is 9.26 Å². The number of aromatic nitrogens is 1. The van der Waals surface area contributed by atoms with Gasteiger partial charge in [-0.05, 0) is 63.6 Å². The van der Waals surface area contributed by atoms with Gasteiger partial charge in [-0.3, -0.25) is 4.99 Å². The fourth-order valence-electron chi connectivity index (χ4n) is 3.15. The number of methoxy groups -OCH3 is 1. The Morgan fingerprint density at radius 1 is 1.21 bits per heavy atom. The molecule has 0 aliphatic rings. The highest BCUT2D eigenvalue weighted by molar-refractivity contribution is 14.0. The lowest BCUT2D eigenvalue weighted by atomic mass is 9.98. The van der Waals surface area contributed by atoms with E-state index in [4.69, 9.17) is 14.3 Å². The second-order valence-corrected chi connectivity index (χ2v) is 7.06. The Labute approximate surface area is 191 Å². The number of halogens is 1. The van der Waals surface area contributed by atoms with Crippen LogP contribution in [0.15, 0.2) is 33.8 Å². The van der Waals surface area contributed by atoms with Crippen molar-refractivity contribution in [1.29, 1.82) is 0 Å². The van der Waals surface area contributed by atoms with E-state index in [1.165, 1.54) is 11.1 Å². The van der Waals surface area contributed by atoms with Crippen LogP contribution in [-0.4, -0.2) is 37.9 Å². The van der Waals surface area contributed by atoms with E-state index in [9.17, 15) is 0 Å². The minimum Gasteiger partial charge on any atom is -0.497 e. The number of nitrogens with one attached hydrogen (secondary N) is 2. The molecule has 1 heterocycles. The van der Waals surface area contributed by atoms with E-state index in [2.05, 4.69) is 41.8 Å². The van der Waals surface area contributed by atoms with Gasteiger partial charge in [-0.15, -0.1) is 24.0 Å². The van der Waals surface area contributed by atoms with Crippen molar-refractivity contribution in [3.8, 4) is 5.75 Å². The van der Waals surface area contributed by atoms with Gasteiger partial charge >= 0.3 is 0 Å². The van der Waals surface area contributed by atoms with E-state index in [1.54, 1.807) is 7.11 Å². The molecular formula is C22H35IN4O2. The molecule has 0 amide bonds. The van der Waals surface area contributed by atoms with E-state index < -0.39 is 0 Å². The van der Waals surface area contributed by atoms with Gasteiger partial charge in [0.1, 0.15) is 11.5 Å². The van der Waals surface area contributed by atoms with Crippen LogP contribution in [-0.2, 0) is 6.42 Å². The lowest BCUT2D eigenvalue weighted by Gasteiger charge is -2.15. The summed E-state index contributed by atoms with van der Waals surface area (Å²) in [6.45, 7) is 10.8. The number of hydrogen-bond acceptors (Lipinski definition) is 4. The van der Waals surface area contributed by atoms with Crippen LogP contribution in [0.3, 0.4) is 0 Å². The third-order valence-electron chi connectivity index (χ3n) is 4.93. The van der Waals surface area contributed by atoms with Gasteiger partial charge in [0.2, 0.25) is 0 Å². The largest absolute Gasteiger partial charge is 0.497 e. The highest BCUT2D eigenvalue weighted by Crippen LogP contribution is 2.21. The summed E-state index contributed by atoms with van der Waals surface area (Å²) in [7, 11) is 1.69.